The molecule has 2 amide bonds. The molecule has 0 unspecified atom stereocenters. The number of nitrogens with one attached hydrogen (secondary N) is 1. The molecule has 2 rings (SSSR count). The van der Waals surface area contributed by atoms with Crippen LogP contribution in [0.25, 0.3) is 11.5 Å². The van der Waals surface area contributed by atoms with Crippen molar-refractivity contribution < 1.29 is 14.0 Å². The van der Waals surface area contributed by atoms with Crippen LogP contribution >= 0.6 is 0 Å². The first-order chi connectivity index (χ1) is 11.4. The molecule has 0 atom stereocenters. The number of hydrogen-bond acceptors (Lipinski definition) is 5. The number of rotatable bonds is 5. The van der Waals surface area contributed by atoms with Crippen molar-refractivity contribution in [2.45, 2.75) is 20.8 Å². The van der Waals surface area contributed by atoms with Crippen LogP contribution < -0.4 is 5.32 Å². The molecule has 0 fully saturated rings. The standard InChI is InChI=1S/C17H20N4O3/c1-5-21(9-11(2)3)17(23)15(22)19-14-8-13(7-6-12(14)4)16-20-18-10-24-16/h6-8,10H,2,5,9H2,1,3-4H3,(H,19,22). The van der Waals surface area contributed by atoms with Crippen molar-refractivity contribution in [1.29, 1.82) is 0 Å². The molecule has 0 saturated carbocycles. The molecule has 24 heavy (non-hydrogen) atoms. The third-order valence-electron chi connectivity index (χ3n) is 3.42. The van der Waals surface area contributed by atoms with E-state index in [9.17, 15) is 9.59 Å². The summed E-state index contributed by atoms with van der Waals surface area (Å²) in [7, 11) is 0. The van der Waals surface area contributed by atoms with Crippen LogP contribution in [0.5, 0.6) is 0 Å². The number of amides is 2. The fraction of sp³-hybridized carbons (Fsp3) is 0.294. The lowest BCUT2D eigenvalue weighted by molar-refractivity contribution is -0.142. The summed E-state index contributed by atoms with van der Waals surface area (Å²) in [4.78, 5) is 26.0. The molecule has 7 nitrogen and oxygen atoms in total. The van der Waals surface area contributed by atoms with E-state index in [1.807, 2.05) is 26.8 Å². The summed E-state index contributed by atoms with van der Waals surface area (Å²) < 4.78 is 5.15. The van der Waals surface area contributed by atoms with E-state index in [1.54, 1.807) is 12.1 Å². The summed E-state index contributed by atoms with van der Waals surface area (Å²) >= 11 is 0. The van der Waals surface area contributed by atoms with Gasteiger partial charge in [0.1, 0.15) is 0 Å². The van der Waals surface area contributed by atoms with Crippen LogP contribution in [0.1, 0.15) is 19.4 Å². The number of nitrogens with zero attached hydrogens (tertiary/aromatic N) is 3. The van der Waals surface area contributed by atoms with Gasteiger partial charge in [-0.15, -0.1) is 10.2 Å². The van der Waals surface area contributed by atoms with Gasteiger partial charge in [-0.05, 0) is 38.5 Å². The lowest BCUT2D eigenvalue weighted by atomic mass is 10.1. The molecule has 1 heterocycles. The Morgan fingerprint density at radius 1 is 1.38 bits per heavy atom. The van der Waals surface area contributed by atoms with Crippen LogP contribution in [-0.4, -0.2) is 40.0 Å². The average Bonchev–Trinajstić information content (AvgIpc) is 3.08. The number of anilines is 1. The maximum Gasteiger partial charge on any atom is 0.313 e. The smallest absolute Gasteiger partial charge is 0.313 e. The second-order valence-corrected chi connectivity index (χ2v) is 5.50. The maximum atomic E-state index is 12.3. The molecule has 7 heteroatoms. The second-order valence-electron chi connectivity index (χ2n) is 5.50. The summed E-state index contributed by atoms with van der Waals surface area (Å²) in [5.74, 6) is -0.943. The quantitative estimate of drug-likeness (QED) is 0.672. The minimum absolute atomic E-state index is 0.342. The molecule has 0 spiro atoms. The van der Waals surface area contributed by atoms with Crippen molar-refractivity contribution in [1.82, 2.24) is 15.1 Å². The zero-order valence-corrected chi connectivity index (χ0v) is 14.0. The minimum atomic E-state index is -0.691. The zero-order valence-electron chi connectivity index (χ0n) is 14.0. The van der Waals surface area contributed by atoms with Crippen LogP contribution in [0.15, 0.2) is 41.2 Å². The van der Waals surface area contributed by atoms with E-state index in [1.165, 1.54) is 11.3 Å². The van der Waals surface area contributed by atoms with E-state index in [0.717, 1.165) is 11.1 Å². The van der Waals surface area contributed by atoms with Crippen molar-refractivity contribution in [2.24, 2.45) is 0 Å². The highest BCUT2D eigenvalue weighted by atomic mass is 16.4. The van der Waals surface area contributed by atoms with Gasteiger partial charge >= 0.3 is 11.8 Å². The molecule has 0 aliphatic rings. The molecular weight excluding hydrogens is 308 g/mol. The van der Waals surface area contributed by atoms with Gasteiger partial charge in [-0.2, -0.15) is 0 Å². The van der Waals surface area contributed by atoms with Crippen LogP contribution in [0, 0.1) is 6.92 Å². The normalized spacial score (nSPS) is 10.3. The highest BCUT2D eigenvalue weighted by Gasteiger charge is 2.21. The molecule has 0 radical (unpaired) electrons. The first kappa shape index (κ1) is 17.4. The van der Waals surface area contributed by atoms with Gasteiger partial charge in [0, 0.05) is 24.3 Å². The van der Waals surface area contributed by atoms with Crippen molar-refractivity contribution in [2.75, 3.05) is 18.4 Å². The predicted molar refractivity (Wildman–Crippen MR) is 90.2 cm³/mol. The van der Waals surface area contributed by atoms with E-state index in [0.29, 0.717) is 30.2 Å². The van der Waals surface area contributed by atoms with Crippen molar-refractivity contribution in [3.63, 3.8) is 0 Å². The number of likely N-dealkylation sites (N-methyl/N-ethyl adjacent to an activating group) is 1. The van der Waals surface area contributed by atoms with Crippen LogP contribution in [-0.2, 0) is 9.59 Å². The largest absolute Gasteiger partial charge is 0.423 e. The Kier molecular flexibility index (Phi) is 5.47. The van der Waals surface area contributed by atoms with E-state index < -0.39 is 11.8 Å². The van der Waals surface area contributed by atoms with Crippen molar-refractivity contribution in [3.05, 3.63) is 42.3 Å². The first-order valence-electron chi connectivity index (χ1n) is 7.54. The number of carbonyl (C=O) groups is 2. The van der Waals surface area contributed by atoms with Crippen LogP contribution in [0.3, 0.4) is 0 Å². The third kappa shape index (κ3) is 4.07. The Morgan fingerprint density at radius 3 is 2.71 bits per heavy atom. The molecule has 1 N–H and O–H groups in total. The Balaban J connectivity index is 2.17. The van der Waals surface area contributed by atoms with Gasteiger partial charge in [0.25, 0.3) is 0 Å². The lowest BCUT2D eigenvalue weighted by Gasteiger charge is -2.20. The Bertz CT molecular complexity index is 753. The fourth-order valence-electron chi connectivity index (χ4n) is 2.16. The number of carbonyl (C=O) groups excluding carboxylic acids is 2. The van der Waals surface area contributed by atoms with E-state index in [4.69, 9.17) is 4.42 Å². The van der Waals surface area contributed by atoms with E-state index >= 15 is 0 Å². The highest BCUT2D eigenvalue weighted by molar-refractivity contribution is 6.39. The summed E-state index contributed by atoms with van der Waals surface area (Å²) in [6, 6.07) is 5.31. The SMILES string of the molecule is C=C(C)CN(CC)C(=O)C(=O)Nc1cc(-c2nnco2)ccc1C. The Labute approximate surface area is 140 Å². The van der Waals surface area contributed by atoms with Gasteiger partial charge in [0.05, 0.1) is 0 Å². The fourth-order valence-corrected chi connectivity index (χ4v) is 2.16. The second kappa shape index (κ2) is 7.54. The van der Waals surface area contributed by atoms with Gasteiger partial charge in [-0.25, -0.2) is 0 Å². The summed E-state index contributed by atoms with van der Waals surface area (Å²) in [6.07, 6.45) is 1.23. The van der Waals surface area contributed by atoms with Gasteiger partial charge in [0.2, 0.25) is 12.3 Å². The third-order valence-corrected chi connectivity index (χ3v) is 3.42. The number of aryl methyl sites for hydroxylation is 1. The summed E-state index contributed by atoms with van der Waals surface area (Å²) in [5, 5.41) is 10.1. The van der Waals surface area contributed by atoms with Gasteiger partial charge < -0.3 is 14.6 Å². The van der Waals surface area contributed by atoms with Crippen molar-refractivity contribution >= 4 is 17.5 Å². The molecule has 0 aliphatic heterocycles. The van der Waals surface area contributed by atoms with Crippen LogP contribution in [0.2, 0.25) is 0 Å². The molecule has 0 aliphatic carbocycles. The average molecular weight is 328 g/mol. The Morgan fingerprint density at radius 2 is 2.12 bits per heavy atom. The molecule has 2 aromatic rings. The van der Waals surface area contributed by atoms with Gasteiger partial charge in [0.15, 0.2) is 0 Å². The van der Waals surface area contributed by atoms with Crippen LogP contribution in [0.4, 0.5) is 5.69 Å². The van der Waals surface area contributed by atoms with E-state index in [2.05, 4.69) is 22.1 Å². The minimum Gasteiger partial charge on any atom is -0.423 e. The molecule has 1 aromatic carbocycles. The molecule has 0 bridgehead atoms. The van der Waals surface area contributed by atoms with E-state index in [-0.39, 0.29) is 0 Å². The molecular formula is C17H20N4O3. The monoisotopic (exact) mass is 328 g/mol. The summed E-state index contributed by atoms with van der Waals surface area (Å²) in [5.41, 5.74) is 2.82. The van der Waals surface area contributed by atoms with Gasteiger partial charge in [-0.1, -0.05) is 18.2 Å². The summed E-state index contributed by atoms with van der Waals surface area (Å²) in [6.45, 7) is 10.0. The van der Waals surface area contributed by atoms with Crippen molar-refractivity contribution in [3.8, 4) is 11.5 Å². The number of hydrogen-bond donors (Lipinski definition) is 1. The first-order valence-corrected chi connectivity index (χ1v) is 7.54. The lowest BCUT2D eigenvalue weighted by Crippen LogP contribution is -2.40. The number of aromatic nitrogens is 2. The topological polar surface area (TPSA) is 88.3 Å². The van der Waals surface area contributed by atoms with Gasteiger partial charge in [-0.3, -0.25) is 9.59 Å². The Hall–Kier alpha value is -2.96. The predicted octanol–water partition coefficient (Wildman–Crippen LogP) is 2.41. The highest BCUT2D eigenvalue weighted by Crippen LogP contribution is 2.23. The zero-order chi connectivity index (χ0) is 17.7. The number of benzene rings is 1. The molecule has 126 valence electrons. The molecule has 1 aromatic heterocycles. The maximum absolute atomic E-state index is 12.3. The molecule has 0 saturated heterocycles.